The lowest BCUT2D eigenvalue weighted by Crippen LogP contribution is -2.40. The minimum atomic E-state index is -1.82. The Bertz CT molecular complexity index is 1110. The van der Waals surface area contributed by atoms with Gasteiger partial charge in [-0.15, -0.1) is 0 Å². The maximum Gasteiger partial charge on any atom is 0.177 e. The normalized spacial score (nSPS) is 15.0. The molecule has 138 valence electrons. The van der Waals surface area contributed by atoms with E-state index in [0.717, 1.165) is 17.5 Å². The van der Waals surface area contributed by atoms with E-state index in [1.165, 1.54) is 35.0 Å². The molecule has 2 aromatic heterocycles. The van der Waals surface area contributed by atoms with Gasteiger partial charge in [0.25, 0.3) is 0 Å². The molecule has 0 aliphatic carbocycles. The average molecular weight is 370 g/mol. The largest absolute Gasteiger partial charge is 0.399 e. The molecule has 0 aliphatic rings. The maximum absolute atomic E-state index is 14.4. The molecule has 2 atom stereocenters. The molecule has 2 aromatic carbocycles. The molecule has 0 amide bonds. The van der Waals surface area contributed by atoms with Crippen LogP contribution in [0.2, 0.25) is 0 Å². The Balaban J connectivity index is 1.90. The summed E-state index contributed by atoms with van der Waals surface area (Å²) in [4.78, 5) is 3.91. The van der Waals surface area contributed by atoms with Crippen LogP contribution in [0.25, 0.3) is 10.9 Å². The highest BCUT2D eigenvalue weighted by Crippen LogP contribution is 2.36. The predicted octanol–water partition coefficient (Wildman–Crippen LogP) is 2.44. The summed E-state index contributed by atoms with van der Waals surface area (Å²) in [6.45, 7) is 1.41. The molecule has 4 rings (SSSR count). The molecule has 4 aromatic rings. The van der Waals surface area contributed by atoms with Crippen molar-refractivity contribution in [1.29, 1.82) is 0 Å². The van der Waals surface area contributed by atoms with E-state index in [4.69, 9.17) is 5.73 Å². The van der Waals surface area contributed by atoms with Crippen molar-refractivity contribution in [2.75, 3.05) is 5.73 Å². The van der Waals surface area contributed by atoms with Crippen molar-refractivity contribution in [3.8, 4) is 0 Å². The Morgan fingerprint density at radius 1 is 1.15 bits per heavy atom. The number of aliphatic hydroxyl groups is 1. The lowest BCUT2D eigenvalue weighted by atomic mass is 9.92. The van der Waals surface area contributed by atoms with E-state index in [1.54, 1.807) is 24.4 Å². The standard InChI is InChI=1S/C18H16F2N6O/c1-18(27,14-4-2-12(19)7-15(14)20)17(26-10-22-9-23-26)25-8-11-6-13(21)3-5-16(11)24-25/h2-10,17,27H,21H2,1H3. The van der Waals surface area contributed by atoms with Gasteiger partial charge >= 0.3 is 0 Å². The van der Waals surface area contributed by atoms with E-state index in [1.807, 2.05) is 0 Å². The minimum absolute atomic E-state index is 0.0940. The zero-order valence-electron chi connectivity index (χ0n) is 14.3. The number of aromatic nitrogens is 5. The van der Waals surface area contributed by atoms with Crippen LogP contribution in [0, 0.1) is 11.6 Å². The van der Waals surface area contributed by atoms with Gasteiger partial charge in [-0.2, -0.15) is 10.2 Å². The highest BCUT2D eigenvalue weighted by molar-refractivity contribution is 5.81. The SMILES string of the molecule is CC(O)(c1ccc(F)cc1F)C(n1cncn1)n1cc2cc(N)ccc2n1. The lowest BCUT2D eigenvalue weighted by Gasteiger charge is -2.33. The molecule has 7 nitrogen and oxygen atoms in total. The smallest absolute Gasteiger partial charge is 0.177 e. The third-order valence-electron chi connectivity index (χ3n) is 4.46. The fourth-order valence-corrected chi connectivity index (χ4v) is 3.21. The second-order valence-electron chi connectivity index (χ2n) is 6.45. The van der Waals surface area contributed by atoms with Gasteiger partial charge in [-0.3, -0.25) is 0 Å². The molecule has 27 heavy (non-hydrogen) atoms. The number of nitrogens with zero attached hydrogens (tertiary/aromatic N) is 5. The molecular weight excluding hydrogens is 354 g/mol. The van der Waals surface area contributed by atoms with Crippen LogP contribution in [-0.4, -0.2) is 29.7 Å². The highest BCUT2D eigenvalue weighted by atomic mass is 19.1. The third-order valence-corrected chi connectivity index (χ3v) is 4.46. The van der Waals surface area contributed by atoms with Crippen molar-refractivity contribution >= 4 is 16.6 Å². The number of nitrogens with two attached hydrogens (primary N) is 1. The van der Waals surface area contributed by atoms with Crippen LogP contribution in [0.3, 0.4) is 0 Å². The summed E-state index contributed by atoms with van der Waals surface area (Å²) in [5.74, 6) is -1.60. The number of hydrogen-bond acceptors (Lipinski definition) is 5. The summed E-state index contributed by atoms with van der Waals surface area (Å²) in [6, 6.07) is 8.21. The Morgan fingerprint density at radius 2 is 1.96 bits per heavy atom. The van der Waals surface area contributed by atoms with E-state index < -0.39 is 23.4 Å². The Labute approximate surface area is 152 Å². The van der Waals surface area contributed by atoms with Gasteiger partial charge in [0.15, 0.2) is 6.17 Å². The molecule has 0 saturated carbocycles. The van der Waals surface area contributed by atoms with Crippen molar-refractivity contribution in [3.05, 3.63) is 72.4 Å². The van der Waals surface area contributed by atoms with Gasteiger partial charge in [0.05, 0.1) is 5.52 Å². The Kier molecular flexibility index (Phi) is 3.88. The summed E-state index contributed by atoms with van der Waals surface area (Å²) in [6.07, 6.45) is 3.38. The fourth-order valence-electron chi connectivity index (χ4n) is 3.21. The fraction of sp³-hybridized carbons (Fsp3) is 0.167. The van der Waals surface area contributed by atoms with Crippen LogP contribution < -0.4 is 5.73 Å². The highest BCUT2D eigenvalue weighted by Gasteiger charge is 2.40. The topological polar surface area (TPSA) is 94.8 Å². The number of halogens is 2. The number of hydrogen-bond donors (Lipinski definition) is 2. The van der Waals surface area contributed by atoms with E-state index in [9.17, 15) is 13.9 Å². The van der Waals surface area contributed by atoms with Gasteiger partial charge in [-0.05, 0) is 31.2 Å². The van der Waals surface area contributed by atoms with Crippen LogP contribution in [-0.2, 0) is 5.60 Å². The van der Waals surface area contributed by atoms with Crippen molar-refractivity contribution in [1.82, 2.24) is 24.5 Å². The van der Waals surface area contributed by atoms with Crippen molar-refractivity contribution in [2.45, 2.75) is 18.7 Å². The van der Waals surface area contributed by atoms with Crippen molar-refractivity contribution < 1.29 is 13.9 Å². The molecule has 0 fully saturated rings. The number of nitrogen functional groups attached to an aromatic ring is 1. The third kappa shape index (κ3) is 2.91. The molecule has 0 saturated heterocycles. The molecule has 0 spiro atoms. The Hall–Kier alpha value is -3.33. The second-order valence-corrected chi connectivity index (χ2v) is 6.45. The minimum Gasteiger partial charge on any atom is -0.399 e. The van der Waals surface area contributed by atoms with Crippen LogP contribution in [0.15, 0.2) is 55.2 Å². The van der Waals surface area contributed by atoms with E-state index >= 15 is 0 Å². The molecule has 0 bridgehead atoms. The van der Waals surface area contributed by atoms with Crippen LogP contribution >= 0.6 is 0 Å². The van der Waals surface area contributed by atoms with E-state index in [-0.39, 0.29) is 5.56 Å². The average Bonchev–Trinajstić information content (AvgIpc) is 3.24. The predicted molar refractivity (Wildman–Crippen MR) is 94.5 cm³/mol. The molecule has 0 aliphatic heterocycles. The van der Waals surface area contributed by atoms with Gasteiger partial charge in [0, 0.05) is 28.9 Å². The summed E-state index contributed by atoms with van der Waals surface area (Å²) < 4.78 is 30.6. The molecule has 3 N–H and O–H groups in total. The first-order chi connectivity index (χ1) is 12.9. The number of rotatable bonds is 4. The van der Waals surface area contributed by atoms with Gasteiger partial charge in [-0.1, -0.05) is 6.07 Å². The number of benzene rings is 2. The lowest BCUT2D eigenvalue weighted by molar-refractivity contribution is -0.0249. The first-order valence-corrected chi connectivity index (χ1v) is 8.12. The van der Waals surface area contributed by atoms with E-state index in [0.29, 0.717) is 11.2 Å². The molecular formula is C18H16F2N6O. The Morgan fingerprint density at radius 3 is 2.67 bits per heavy atom. The van der Waals surface area contributed by atoms with E-state index in [2.05, 4.69) is 15.2 Å². The maximum atomic E-state index is 14.4. The quantitative estimate of drug-likeness (QED) is 0.538. The van der Waals surface area contributed by atoms with Crippen LogP contribution in [0.4, 0.5) is 14.5 Å². The molecule has 2 unspecified atom stereocenters. The number of anilines is 1. The summed E-state index contributed by atoms with van der Waals surface area (Å²) in [5.41, 5.74) is 5.11. The second kappa shape index (κ2) is 6.13. The summed E-state index contributed by atoms with van der Waals surface area (Å²) >= 11 is 0. The molecule has 0 radical (unpaired) electrons. The molecule has 2 heterocycles. The van der Waals surface area contributed by atoms with Gasteiger partial charge in [0.2, 0.25) is 0 Å². The zero-order valence-corrected chi connectivity index (χ0v) is 14.3. The first kappa shape index (κ1) is 17.1. The van der Waals surface area contributed by atoms with Crippen molar-refractivity contribution in [2.24, 2.45) is 0 Å². The number of fused-ring (bicyclic) bond motifs is 1. The summed E-state index contributed by atoms with van der Waals surface area (Å²) in [7, 11) is 0. The van der Waals surface area contributed by atoms with Crippen molar-refractivity contribution in [3.63, 3.8) is 0 Å². The molecule has 9 heteroatoms. The van der Waals surface area contributed by atoms with Crippen LogP contribution in [0.1, 0.15) is 18.7 Å². The van der Waals surface area contributed by atoms with Gasteiger partial charge in [0.1, 0.15) is 29.9 Å². The van der Waals surface area contributed by atoms with Crippen LogP contribution in [0.5, 0.6) is 0 Å². The monoisotopic (exact) mass is 370 g/mol. The first-order valence-electron chi connectivity index (χ1n) is 8.12. The van der Waals surface area contributed by atoms with Gasteiger partial charge in [-0.25, -0.2) is 23.1 Å². The van der Waals surface area contributed by atoms with Gasteiger partial charge < -0.3 is 10.8 Å². The zero-order chi connectivity index (χ0) is 19.2. The summed E-state index contributed by atoms with van der Waals surface area (Å²) in [5, 5.41) is 20.6.